The van der Waals surface area contributed by atoms with Gasteiger partial charge in [-0.1, -0.05) is 72.8 Å². The molecule has 1 heterocycles. The zero-order valence-electron chi connectivity index (χ0n) is 12.9. The Hall–Kier alpha value is -2.80. The summed E-state index contributed by atoms with van der Waals surface area (Å²) in [6.07, 6.45) is 5.20. The summed E-state index contributed by atoms with van der Waals surface area (Å²) in [4.78, 5) is 0. The van der Waals surface area contributed by atoms with Gasteiger partial charge in [0, 0.05) is 5.56 Å². The van der Waals surface area contributed by atoms with Crippen LogP contribution in [0.25, 0.3) is 17.2 Å². The second-order valence-corrected chi connectivity index (χ2v) is 5.74. The molecule has 0 aromatic heterocycles. The Morgan fingerprint density at radius 3 is 1.96 bits per heavy atom. The molecule has 23 heavy (non-hydrogen) atoms. The van der Waals surface area contributed by atoms with Crippen molar-refractivity contribution in [3.63, 3.8) is 0 Å². The lowest BCUT2D eigenvalue weighted by Gasteiger charge is -2.10. The third-order valence-electron chi connectivity index (χ3n) is 4.26. The summed E-state index contributed by atoms with van der Waals surface area (Å²) in [5, 5.41) is 0. The SMILES string of the molecule is C1=Cc2ccccc2OC1.c1ccc2c(c1)Cc1ccccc1-2. The van der Waals surface area contributed by atoms with Gasteiger partial charge in [0.2, 0.25) is 0 Å². The Morgan fingerprint density at radius 1 is 0.652 bits per heavy atom. The average Bonchev–Trinajstić information content (AvgIpc) is 3.01. The van der Waals surface area contributed by atoms with Gasteiger partial charge in [-0.25, -0.2) is 0 Å². The second kappa shape index (κ2) is 6.13. The van der Waals surface area contributed by atoms with E-state index >= 15 is 0 Å². The Kier molecular flexibility index (Phi) is 3.69. The van der Waals surface area contributed by atoms with Gasteiger partial charge < -0.3 is 4.74 Å². The fourth-order valence-electron chi connectivity index (χ4n) is 3.14. The standard InChI is InChI=1S/C13H10.C9H8O/c1-3-7-12-10(5-1)9-11-6-2-4-8-13(11)12;1-2-6-9-8(4-1)5-3-7-10-9/h1-8H,9H2;1-6H,7H2. The fraction of sp³-hybridized carbons (Fsp3) is 0.0909. The highest BCUT2D eigenvalue weighted by Gasteiger charge is 2.15. The Balaban J connectivity index is 0.000000122. The summed E-state index contributed by atoms with van der Waals surface area (Å²) in [6.45, 7) is 0.705. The average molecular weight is 298 g/mol. The highest BCUT2D eigenvalue weighted by Crippen LogP contribution is 2.35. The van der Waals surface area contributed by atoms with Crippen LogP contribution in [0, 0.1) is 0 Å². The van der Waals surface area contributed by atoms with Crippen molar-refractivity contribution in [2.45, 2.75) is 6.42 Å². The molecule has 5 rings (SSSR count). The maximum atomic E-state index is 5.34. The van der Waals surface area contributed by atoms with E-state index in [0.29, 0.717) is 6.61 Å². The smallest absolute Gasteiger partial charge is 0.126 e. The largest absolute Gasteiger partial charge is 0.489 e. The van der Waals surface area contributed by atoms with Gasteiger partial charge in [-0.15, -0.1) is 0 Å². The number of fused-ring (bicyclic) bond motifs is 4. The van der Waals surface area contributed by atoms with Crippen molar-refractivity contribution in [1.82, 2.24) is 0 Å². The van der Waals surface area contributed by atoms with Gasteiger partial charge in [-0.3, -0.25) is 0 Å². The summed E-state index contributed by atoms with van der Waals surface area (Å²) >= 11 is 0. The van der Waals surface area contributed by atoms with E-state index in [9.17, 15) is 0 Å². The molecule has 0 unspecified atom stereocenters. The molecule has 0 bridgehead atoms. The number of para-hydroxylation sites is 1. The van der Waals surface area contributed by atoms with Gasteiger partial charge in [0.25, 0.3) is 0 Å². The molecule has 0 atom stereocenters. The molecule has 0 saturated heterocycles. The van der Waals surface area contributed by atoms with Crippen molar-refractivity contribution in [2.24, 2.45) is 0 Å². The molecular weight excluding hydrogens is 280 g/mol. The predicted octanol–water partition coefficient (Wildman–Crippen LogP) is 5.35. The quantitative estimate of drug-likeness (QED) is 0.425. The maximum absolute atomic E-state index is 5.34. The van der Waals surface area contributed by atoms with Crippen LogP contribution < -0.4 is 4.74 Å². The number of rotatable bonds is 0. The van der Waals surface area contributed by atoms with Gasteiger partial charge in [0.15, 0.2) is 0 Å². The Bertz CT molecular complexity index is 818. The van der Waals surface area contributed by atoms with Gasteiger partial charge >= 0.3 is 0 Å². The lowest BCUT2D eigenvalue weighted by molar-refractivity contribution is 0.358. The van der Waals surface area contributed by atoms with Crippen LogP contribution in [0.1, 0.15) is 16.7 Å². The first-order valence-electron chi connectivity index (χ1n) is 7.96. The molecule has 3 aromatic rings. The van der Waals surface area contributed by atoms with E-state index in [1.165, 1.54) is 27.8 Å². The van der Waals surface area contributed by atoms with Crippen LogP contribution in [0.2, 0.25) is 0 Å². The topological polar surface area (TPSA) is 9.23 Å². The molecular formula is C22H18O. The summed E-state index contributed by atoms with van der Waals surface area (Å²) in [6, 6.07) is 25.3. The van der Waals surface area contributed by atoms with Crippen molar-refractivity contribution >= 4 is 6.08 Å². The molecule has 1 aliphatic carbocycles. The summed E-state index contributed by atoms with van der Waals surface area (Å²) < 4.78 is 5.34. The zero-order chi connectivity index (χ0) is 15.5. The molecule has 0 fully saturated rings. The van der Waals surface area contributed by atoms with Crippen molar-refractivity contribution < 1.29 is 4.74 Å². The van der Waals surface area contributed by atoms with E-state index in [0.717, 1.165) is 12.2 Å². The number of benzene rings is 3. The highest BCUT2D eigenvalue weighted by atomic mass is 16.5. The van der Waals surface area contributed by atoms with Crippen LogP contribution in [0.5, 0.6) is 5.75 Å². The molecule has 112 valence electrons. The first-order valence-corrected chi connectivity index (χ1v) is 7.96. The van der Waals surface area contributed by atoms with Crippen LogP contribution in [-0.2, 0) is 6.42 Å². The molecule has 0 spiro atoms. The Morgan fingerprint density at radius 2 is 1.26 bits per heavy atom. The summed E-state index contributed by atoms with van der Waals surface area (Å²) in [5.74, 6) is 0.991. The highest BCUT2D eigenvalue weighted by molar-refractivity contribution is 5.76. The molecule has 1 aliphatic heterocycles. The number of hydrogen-bond donors (Lipinski definition) is 0. The van der Waals surface area contributed by atoms with Crippen LogP contribution in [0.4, 0.5) is 0 Å². The third-order valence-corrected chi connectivity index (χ3v) is 4.26. The van der Waals surface area contributed by atoms with E-state index in [1.54, 1.807) is 0 Å². The molecule has 0 N–H and O–H groups in total. The molecule has 0 radical (unpaired) electrons. The van der Waals surface area contributed by atoms with Gasteiger partial charge in [0.05, 0.1) is 0 Å². The van der Waals surface area contributed by atoms with Crippen LogP contribution >= 0.6 is 0 Å². The molecule has 1 nitrogen and oxygen atoms in total. The molecule has 3 aromatic carbocycles. The van der Waals surface area contributed by atoms with Gasteiger partial charge in [-0.2, -0.15) is 0 Å². The summed E-state index contributed by atoms with van der Waals surface area (Å²) in [7, 11) is 0. The first-order chi connectivity index (χ1) is 11.4. The minimum Gasteiger partial charge on any atom is -0.489 e. The molecule has 0 saturated carbocycles. The van der Waals surface area contributed by atoms with E-state index in [4.69, 9.17) is 4.74 Å². The maximum Gasteiger partial charge on any atom is 0.126 e. The second-order valence-electron chi connectivity index (χ2n) is 5.74. The first kappa shape index (κ1) is 13.8. The monoisotopic (exact) mass is 298 g/mol. The van der Waals surface area contributed by atoms with Crippen molar-refractivity contribution in [3.8, 4) is 16.9 Å². The number of ether oxygens (including phenoxy) is 1. The van der Waals surface area contributed by atoms with E-state index < -0.39 is 0 Å². The van der Waals surface area contributed by atoms with Crippen LogP contribution in [-0.4, -0.2) is 6.61 Å². The molecule has 2 aliphatic rings. The number of hydrogen-bond acceptors (Lipinski definition) is 1. The van der Waals surface area contributed by atoms with E-state index in [2.05, 4.69) is 54.6 Å². The fourth-order valence-corrected chi connectivity index (χ4v) is 3.14. The lowest BCUT2D eigenvalue weighted by Crippen LogP contribution is -1.98. The van der Waals surface area contributed by atoms with Gasteiger partial charge in [0.1, 0.15) is 12.4 Å². The van der Waals surface area contributed by atoms with Crippen molar-refractivity contribution in [1.29, 1.82) is 0 Å². The van der Waals surface area contributed by atoms with Gasteiger partial charge in [-0.05, 0) is 40.8 Å². The van der Waals surface area contributed by atoms with Crippen molar-refractivity contribution in [3.05, 3.63) is 95.6 Å². The van der Waals surface area contributed by atoms with Crippen LogP contribution in [0.3, 0.4) is 0 Å². The van der Waals surface area contributed by atoms with Crippen LogP contribution in [0.15, 0.2) is 78.9 Å². The zero-order valence-corrected chi connectivity index (χ0v) is 12.9. The Labute approximate surface area is 136 Å². The third kappa shape index (κ3) is 2.78. The van der Waals surface area contributed by atoms with E-state index in [-0.39, 0.29) is 0 Å². The van der Waals surface area contributed by atoms with Crippen molar-refractivity contribution in [2.75, 3.05) is 6.61 Å². The minimum atomic E-state index is 0.705. The normalized spacial score (nSPS) is 13.0. The lowest BCUT2D eigenvalue weighted by atomic mass is 10.1. The summed E-state index contributed by atoms with van der Waals surface area (Å²) in [5.41, 5.74) is 6.93. The molecule has 0 amide bonds. The minimum absolute atomic E-state index is 0.705. The predicted molar refractivity (Wildman–Crippen MR) is 95.7 cm³/mol. The molecule has 1 heteroatoms. The van der Waals surface area contributed by atoms with E-state index in [1.807, 2.05) is 30.3 Å².